The highest BCUT2D eigenvalue weighted by Crippen LogP contribution is 2.29. The predicted molar refractivity (Wildman–Crippen MR) is 123 cm³/mol. The molecule has 3 rings (SSSR count). The second-order valence-electron chi connectivity index (χ2n) is 7.36. The highest BCUT2D eigenvalue weighted by atomic mass is 35.5. The van der Waals surface area contributed by atoms with Crippen molar-refractivity contribution in [2.45, 2.75) is 37.0 Å². The van der Waals surface area contributed by atoms with Crippen molar-refractivity contribution in [2.75, 3.05) is 18.4 Å². The fourth-order valence-corrected chi connectivity index (χ4v) is 5.32. The third-order valence-electron chi connectivity index (χ3n) is 5.22. The van der Waals surface area contributed by atoms with Gasteiger partial charge >= 0.3 is 5.97 Å². The standard InChI is InChI=1S/C19H24ClN5O4S.ClH/c20-24-19(21)23-17-10-22-9-14-8-15(6-7-16(14)17)30(28,29)25(12-18(26)27)11-13-4-2-1-3-5-13;/h6-10,13H,1-5,11-12H2,(H,26,27)(H3,21,23,24);1H. The first-order valence-corrected chi connectivity index (χ1v) is 11.4. The Balaban J connectivity index is 0.00000341. The van der Waals surface area contributed by atoms with Gasteiger partial charge in [0, 0.05) is 35.3 Å². The molecule has 0 radical (unpaired) electrons. The molecule has 0 atom stereocenters. The number of benzene rings is 1. The zero-order valence-electron chi connectivity index (χ0n) is 16.7. The van der Waals surface area contributed by atoms with Gasteiger partial charge in [0.15, 0.2) is 0 Å². The highest BCUT2D eigenvalue weighted by molar-refractivity contribution is 7.89. The fourth-order valence-electron chi connectivity index (χ4n) is 3.78. The molecule has 1 aromatic carbocycles. The smallest absolute Gasteiger partial charge is 0.318 e. The van der Waals surface area contributed by atoms with Crippen LogP contribution in [-0.2, 0) is 14.8 Å². The first kappa shape index (κ1) is 25.1. The summed E-state index contributed by atoms with van der Waals surface area (Å²) in [6.07, 6.45) is 8.07. The number of aliphatic carboxylic acids is 1. The molecule has 2 aromatic rings. The molecule has 0 unspecified atom stereocenters. The minimum Gasteiger partial charge on any atom is -0.480 e. The van der Waals surface area contributed by atoms with Gasteiger partial charge in [0.1, 0.15) is 6.54 Å². The number of pyridine rings is 1. The van der Waals surface area contributed by atoms with Crippen molar-refractivity contribution in [1.82, 2.24) is 9.29 Å². The summed E-state index contributed by atoms with van der Waals surface area (Å²) in [7, 11) is -3.99. The van der Waals surface area contributed by atoms with E-state index in [1.165, 1.54) is 24.5 Å². The summed E-state index contributed by atoms with van der Waals surface area (Å²) in [4.78, 5) is 15.5. The molecule has 0 spiro atoms. The van der Waals surface area contributed by atoms with Crippen LogP contribution in [-0.4, -0.2) is 47.8 Å². The van der Waals surface area contributed by atoms with E-state index < -0.39 is 22.5 Å². The first-order chi connectivity index (χ1) is 14.3. The molecule has 1 saturated carbocycles. The highest BCUT2D eigenvalue weighted by Gasteiger charge is 2.30. The Morgan fingerprint density at radius 1 is 1.29 bits per heavy atom. The molecule has 12 heteroatoms. The first-order valence-electron chi connectivity index (χ1n) is 9.62. The number of rotatable bonds is 7. The molecule has 1 aliphatic rings. The third kappa shape index (κ3) is 6.19. The molecule has 9 nitrogen and oxygen atoms in total. The number of hydrogen-bond acceptors (Lipinski definition) is 5. The molecule has 0 amide bonds. The molecule has 0 bridgehead atoms. The topological polar surface area (TPSA) is 138 Å². The summed E-state index contributed by atoms with van der Waals surface area (Å²) in [6, 6.07) is 4.55. The van der Waals surface area contributed by atoms with Crippen molar-refractivity contribution in [3.63, 3.8) is 0 Å². The number of halogens is 2. The fraction of sp³-hybridized carbons (Fsp3) is 0.421. The molecule has 4 N–H and O–H groups in total. The molecule has 1 aromatic heterocycles. The summed E-state index contributed by atoms with van der Waals surface area (Å²) < 4.78 is 30.9. The number of anilines is 1. The van der Waals surface area contributed by atoms with Gasteiger partial charge in [-0.2, -0.15) is 4.31 Å². The maximum Gasteiger partial charge on any atom is 0.318 e. The molecule has 1 heterocycles. The Labute approximate surface area is 192 Å². The number of carbonyl (C=O) groups is 1. The number of aromatic nitrogens is 1. The van der Waals surface area contributed by atoms with Gasteiger partial charge in [-0.1, -0.05) is 25.3 Å². The maximum atomic E-state index is 13.3. The lowest BCUT2D eigenvalue weighted by molar-refractivity contribution is -0.137. The van der Waals surface area contributed by atoms with Crippen LogP contribution in [0.4, 0.5) is 5.69 Å². The lowest BCUT2D eigenvalue weighted by Crippen LogP contribution is -2.39. The van der Waals surface area contributed by atoms with E-state index in [4.69, 9.17) is 17.5 Å². The number of fused-ring (bicyclic) bond motifs is 1. The van der Waals surface area contributed by atoms with Crippen molar-refractivity contribution in [1.29, 1.82) is 0 Å². The van der Waals surface area contributed by atoms with Crippen molar-refractivity contribution in [3.8, 4) is 0 Å². The predicted octanol–water partition coefficient (Wildman–Crippen LogP) is 3.19. The van der Waals surface area contributed by atoms with Gasteiger partial charge in [-0.05, 0) is 30.9 Å². The second-order valence-corrected chi connectivity index (χ2v) is 9.47. The summed E-state index contributed by atoms with van der Waals surface area (Å²) in [5, 5.41) is 13.3. The molecule has 1 aliphatic carbocycles. The largest absolute Gasteiger partial charge is 0.480 e. The number of nitrogens with zero attached hydrogens (tertiary/aromatic N) is 3. The van der Waals surface area contributed by atoms with Gasteiger partial charge in [0.25, 0.3) is 0 Å². The van der Waals surface area contributed by atoms with E-state index in [0.29, 0.717) is 16.5 Å². The Bertz CT molecular complexity index is 1060. The van der Waals surface area contributed by atoms with Crippen molar-refractivity contribution < 1.29 is 18.3 Å². The molecule has 31 heavy (non-hydrogen) atoms. The third-order valence-corrected chi connectivity index (χ3v) is 7.21. The maximum absolute atomic E-state index is 13.3. The molecular weight excluding hydrogens is 465 g/mol. The monoisotopic (exact) mass is 489 g/mol. The van der Waals surface area contributed by atoms with Gasteiger partial charge in [-0.25, -0.2) is 8.42 Å². The van der Waals surface area contributed by atoms with E-state index >= 15 is 0 Å². The van der Waals surface area contributed by atoms with Crippen LogP contribution in [0.5, 0.6) is 0 Å². The number of carboxylic acids is 1. The molecule has 170 valence electrons. The van der Waals surface area contributed by atoms with Crippen LogP contribution >= 0.6 is 24.2 Å². The van der Waals surface area contributed by atoms with E-state index in [1.54, 1.807) is 6.07 Å². The van der Waals surface area contributed by atoms with E-state index in [0.717, 1.165) is 36.4 Å². The van der Waals surface area contributed by atoms with Crippen LogP contribution in [0.15, 0.2) is 40.0 Å². The Morgan fingerprint density at radius 3 is 2.65 bits per heavy atom. The Morgan fingerprint density at radius 2 is 2.00 bits per heavy atom. The molecular formula is C19H25Cl2N5O4S. The van der Waals surface area contributed by atoms with Gasteiger partial charge in [-0.15, -0.1) is 16.9 Å². The van der Waals surface area contributed by atoms with Gasteiger partial charge < -0.3 is 16.2 Å². The number of carboxylic acid groups (broad SMARTS) is 1. The van der Waals surface area contributed by atoms with E-state index in [1.807, 2.05) is 0 Å². The van der Waals surface area contributed by atoms with Crippen molar-refractivity contribution in [3.05, 3.63) is 30.6 Å². The Hall–Kier alpha value is -2.14. The summed E-state index contributed by atoms with van der Waals surface area (Å²) >= 11 is 5.34. The minimum atomic E-state index is -3.99. The normalized spacial score (nSPS) is 15.6. The molecule has 1 fully saturated rings. The summed E-state index contributed by atoms with van der Waals surface area (Å²) in [5.74, 6) is -1.04. The lowest BCUT2D eigenvalue weighted by Gasteiger charge is -2.28. The summed E-state index contributed by atoms with van der Waals surface area (Å²) in [5.41, 5.74) is 6.11. The zero-order chi connectivity index (χ0) is 21.7. The van der Waals surface area contributed by atoms with Crippen LogP contribution in [0, 0.1) is 5.92 Å². The van der Waals surface area contributed by atoms with Crippen LogP contribution in [0.2, 0.25) is 0 Å². The minimum absolute atomic E-state index is 0. The second kappa shape index (κ2) is 10.9. The van der Waals surface area contributed by atoms with Crippen LogP contribution in [0.1, 0.15) is 32.1 Å². The van der Waals surface area contributed by atoms with Gasteiger partial charge in [0.05, 0.1) is 16.8 Å². The van der Waals surface area contributed by atoms with Crippen LogP contribution in [0.25, 0.3) is 10.8 Å². The SMILES string of the molecule is Cl.NC(=NCl)Nc1cncc2cc(S(=O)(=O)N(CC(=O)O)CC3CCCCC3)ccc12. The number of sulfonamides is 1. The van der Waals surface area contributed by atoms with Gasteiger partial charge in [-0.3, -0.25) is 9.78 Å². The summed E-state index contributed by atoms with van der Waals surface area (Å²) in [6.45, 7) is -0.366. The quantitative estimate of drug-likeness (QED) is 0.400. The number of guanidine groups is 1. The average Bonchev–Trinajstić information content (AvgIpc) is 2.73. The lowest BCUT2D eigenvalue weighted by atomic mass is 9.89. The van der Waals surface area contributed by atoms with E-state index in [2.05, 4.69) is 14.8 Å². The van der Waals surface area contributed by atoms with Crippen molar-refractivity contribution >= 4 is 62.6 Å². The van der Waals surface area contributed by atoms with Crippen LogP contribution < -0.4 is 11.1 Å². The average molecular weight is 490 g/mol. The molecule has 0 saturated heterocycles. The van der Waals surface area contributed by atoms with E-state index in [-0.39, 0.29) is 35.7 Å². The zero-order valence-corrected chi connectivity index (χ0v) is 19.1. The molecule has 0 aliphatic heterocycles. The number of nitrogens with one attached hydrogen (secondary N) is 1. The van der Waals surface area contributed by atoms with Crippen LogP contribution in [0.3, 0.4) is 0 Å². The Kier molecular flexibility index (Phi) is 8.87. The number of nitrogens with two attached hydrogens (primary N) is 1. The van der Waals surface area contributed by atoms with Crippen molar-refractivity contribution in [2.24, 2.45) is 16.2 Å². The number of hydrogen-bond donors (Lipinski definition) is 3. The van der Waals surface area contributed by atoms with Gasteiger partial charge in [0.2, 0.25) is 16.0 Å². The van der Waals surface area contributed by atoms with E-state index in [9.17, 15) is 18.3 Å².